The zero-order valence-corrected chi connectivity index (χ0v) is 11.4. The minimum Gasteiger partial charge on any atom is -0.472 e. The van der Waals surface area contributed by atoms with Crippen molar-refractivity contribution in [3.63, 3.8) is 0 Å². The lowest BCUT2D eigenvalue weighted by molar-refractivity contribution is 0.562. The van der Waals surface area contributed by atoms with Crippen molar-refractivity contribution in [3.05, 3.63) is 60.0 Å². The molecule has 96 valence electrons. The number of rotatable bonds is 4. The van der Waals surface area contributed by atoms with Crippen molar-refractivity contribution >= 4 is 17.0 Å². The van der Waals surface area contributed by atoms with Crippen molar-refractivity contribution in [2.24, 2.45) is 0 Å². The Hall–Kier alpha value is -2.07. The maximum absolute atomic E-state index is 5.11. The molecule has 1 N–H and O–H groups in total. The summed E-state index contributed by atoms with van der Waals surface area (Å²) in [6, 6.07) is 10.5. The molecule has 1 atom stereocenters. The first-order chi connectivity index (χ1) is 9.33. The number of benzene rings is 1. The normalized spacial score (nSPS) is 12.3. The molecule has 3 aromatic rings. The third-order valence-electron chi connectivity index (χ3n) is 2.97. The molecule has 0 radical (unpaired) electrons. The molecule has 0 spiro atoms. The first-order valence-electron chi connectivity index (χ1n) is 6.11. The quantitative estimate of drug-likeness (QED) is 0.754. The molecular formula is C15H14N2OS. The molecule has 0 fully saturated rings. The standard InChI is InChI=1S/C15H14N2OS/c1-11(13-5-7-18-10-13)17-14-4-2-3-12(9-14)15-16-6-8-19-15/h2-11,17H,1H3. The van der Waals surface area contributed by atoms with Gasteiger partial charge in [-0.15, -0.1) is 11.3 Å². The van der Waals surface area contributed by atoms with E-state index in [2.05, 4.69) is 35.4 Å². The van der Waals surface area contributed by atoms with Gasteiger partial charge >= 0.3 is 0 Å². The Labute approximate surface area is 115 Å². The number of aromatic nitrogens is 1. The maximum Gasteiger partial charge on any atom is 0.123 e. The van der Waals surface area contributed by atoms with Gasteiger partial charge in [-0.2, -0.15) is 0 Å². The number of nitrogens with one attached hydrogen (secondary N) is 1. The maximum atomic E-state index is 5.11. The number of nitrogens with zero attached hydrogens (tertiary/aromatic N) is 1. The van der Waals surface area contributed by atoms with Gasteiger partial charge in [-0.25, -0.2) is 4.98 Å². The summed E-state index contributed by atoms with van der Waals surface area (Å²) in [5, 5.41) is 6.49. The van der Waals surface area contributed by atoms with Gasteiger partial charge in [-0.1, -0.05) is 12.1 Å². The van der Waals surface area contributed by atoms with Crippen LogP contribution in [0.25, 0.3) is 10.6 Å². The van der Waals surface area contributed by atoms with E-state index in [9.17, 15) is 0 Å². The van der Waals surface area contributed by atoms with Gasteiger partial charge in [0.1, 0.15) is 5.01 Å². The van der Waals surface area contributed by atoms with Gasteiger partial charge < -0.3 is 9.73 Å². The molecule has 4 heteroatoms. The van der Waals surface area contributed by atoms with Crippen LogP contribution in [0.3, 0.4) is 0 Å². The Morgan fingerprint density at radius 2 is 2.26 bits per heavy atom. The van der Waals surface area contributed by atoms with Crippen molar-refractivity contribution in [3.8, 4) is 10.6 Å². The summed E-state index contributed by atoms with van der Waals surface area (Å²) in [6.07, 6.45) is 5.29. The predicted octanol–water partition coefficient (Wildman–Crippen LogP) is 4.58. The molecule has 0 aliphatic rings. The van der Waals surface area contributed by atoms with Crippen molar-refractivity contribution in [1.82, 2.24) is 4.98 Å². The zero-order chi connectivity index (χ0) is 13.1. The fourth-order valence-corrected chi connectivity index (χ4v) is 2.60. The largest absolute Gasteiger partial charge is 0.472 e. The molecule has 0 bridgehead atoms. The molecule has 3 rings (SSSR count). The number of hydrogen-bond donors (Lipinski definition) is 1. The lowest BCUT2D eigenvalue weighted by Crippen LogP contribution is -2.05. The third kappa shape index (κ3) is 2.69. The minimum absolute atomic E-state index is 0.213. The second-order valence-electron chi connectivity index (χ2n) is 4.34. The van der Waals surface area contributed by atoms with Gasteiger partial charge in [0, 0.05) is 28.4 Å². The highest BCUT2D eigenvalue weighted by Gasteiger charge is 2.07. The molecule has 1 aromatic carbocycles. The minimum atomic E-state index is 0.213. The molecule has 0 aliphatic heterocycles. The van der Waals surface area contributed by atoms with E-state index in [0.29, 0.717) is 0 Å². The predicted molar refractivity (Wildman–Crippen MR) is 78.3 cm³/mol. The number of hydrogen-bond acceptors (Lipinski definition) is 4. The van der Waals surface area contributed by atoms with E-state index >= 15 is 0 Å². The zero-order valence-electron chi connectivity index (χ0n) is 10.5. The van der Waals surface area contributed by atoms with Crippen LogP contribution in [0.1, 0.15) is 18.5 Å². The average molecular weight is 270 g/mol. The van der Waals surface area contributed by atoms with Crippen LogP contribution in [0.4, 0.5) is 5.69 Å². The van der Waals surface area contributed by atoms with Crippen LogP contribution in [0.2, 0.25) is 0 Å². The summed E-state index contributed by atoms with van der Waals surface area (Å²) in [4.78, 5) is 4.33. The van der Waals surface area contributed by atoms with Crippen LogP contribution in [0.5, 0.6) is 0 Å². The van der Waals surface area contributed by atoms with Crippen LogP contribution in [0.15, 0.2) is 58.9 Å². The Bertz CT molecular complexity index is 632. The first-order valence-corrected chi connectivity index (χ1v) is 6.99. The van der Waals surface area contributed by atoms with Gasteiger partial charge in [-0.05, 0) is 25.1 Å². The van der Waals surface area contributed by atoms with Crippen molar-refractivity contribution in [2.75, 3.05) is 5.32 Å². The third-order valence-corrected chi connectivity index (χ3v) is 3.79. The topological polar surface area (TPSA) is 38.1 Å². The van der Waals surface area contributed by atoms with Gasteiger partial charge in [0.25, 0.3) is 0 Å². The fraction of sp³-hybridized carbons (Fsp3) is 0.133. The summed E-state index contributed by atoms with van der Waals surface area (Å²) in [5.41, 5.74) is 3.36. The summed E-state index contributed by atoms with van der Waals surface area (Å²) in [6.45, 7) is 2.11. The highest BCUT2D eigenvalue weighted by Crippen LogP contribution is 2.26. The highest BCUT2D eigenvalue weighted by molar-refractivity contribution is 7.13. The van der Waals surface area contributed by atoms with E-state index in [1.54, 1.807) is 23.9 Å². The molecule has 2 aromatic heterocycles. The Morgan fingerprint density at radius 3 is 3.00 bits per heavy atom. The van der Waals surface area contributed by atoms with E-state index in [-0.39, 0.29) is 6.04 Å². The Kier molecular flexibility index (Phi) is 3.33. The van der Waals surface area contributed by atoms with Crippen LogP contribution >= 0.6 is 11.3 Å². The molecule has 0 amide bonds. The molecule has 1 unspecified atom stereocenters. The van der Waals surface area contributed by atoms with E-state index in [1.165, 1.54) is 0 Å². The number of thiazole rings is 1. The van der Waals surface area contributed by atoms with E-state index < -0.39 is 0 Å². The second kappa shape index (κ2) is 5.28. The Morgan fingerprint density at radius 1 is 1.32 bits per heavy atom. The van der Waals surface area contributed by atoms with Crippen LogP contribution in [-0.4, -0.2) is 4.98 Å². The summed E-state index contributed by atoms with van der Waals surface area (Å²) >= 11 is 1.65. The summed E-state index contributed by atoms with van der Waals surface area (Å²) in [7, 11) is 0. The van der Waals surface area contributed by atoms with Crippen molar-refractivity contribution in [2.45, 2.75) is 13.0 Å². The molecule has 0 saturated heterocycles. The first kappa shape index (κ1) is 12.0. The fourth-order valence-electron chi connectivity index (χ4n) is 1.96. The molecular weight excluding hydrogens is 256 g/mol. The van der Waals surface area contributed by atoms with E-state index in [0.717, 1.165) is 21.8 Å². The summed E-state index contributed by atoms with van der Waals surface area (Å²) < 4.78 is 5.11. The molecule has 19 heavy (non-hydrogen) atoms. The number of furan rings is 1. The van der Waals surface area contributed by atoms with Crippen molar-refractivity contribution in [1.29, 1.82) is 0 Å². The van der Waals surface area contributed by atoms with Crippen LogP contribution < -0.4 is 5.32 Å². The van der Waals surface area contributed by atoms with Gasteiger partial charge in [0.15, 0.2) is 0 Å². The Balaban J connectivity index is 1.80. The van der Waals surface area contributed by atoms with Gasteiger partial charge in [-0.3, -0.25) is 0 Å². The smallest absolute Gasteiger partial charge is 0.123 e. The van der Waals surface area contributed by atoms with E-state index in [1.807, 2.05) is 23.7 Å². The van der Waals surface area contributed by atoms with Gasteiger partial charge in [0.2, 0.25) is 0 Å². The summed E-state index contributed by atoms with van der Waals surface area (Å²) in [5.74, 6) is 0. The monoisotopic (exact) mass is 270 g/mol. The van der Waals surface area contributed by atoms with Gasteiger partial charge in [0.05, 0.1) is 18.6 Å². The molecule has 3 nitrogen and oxygen atoms in total. The molecule has 0 saturated carbocycles. The van der Waals surface area contributed by atoms with Crippen molar-refractivity contribution < 1.29 is 4.42 Å². The SMILES string of the molecule is CC(Nc1cccc(-c2nccs2)c1)c1ccoc1. The second-order valence-corrected chi connectivity index (χ2v) is 5.24. The lowest BCUT2D eigenvalue weighted by atomic mass is 10.1. The lowest BCUT2D eigenvalue weighted by Gasteiger charge is -2.14. The van der Waals surface area contributed by atoms with Crippen LogP contribution in [0, 0.1) is 0 Å². The highest BCUT2D eigenvalue weighted by atomic mass is 32.1. The number of anilines is 1. The molecule has 2 heterocycles. The average Bonchev–Trinajstić information content (AvgIpc) is 3.13. The molecule has 0 aliphatic carbocycles. The van der Waals surface area contributed by atoms with Crippen LogP contribution in [-0.2, 0) is 0 Å². The van der Waals surface area contributed by atoms with E-state index in [4.69, 9.17) is 4.42 Å².